The predicted octanol–water partition coefficient (Wildman–Crippen LogP) is 26.1. The molecule has 0 heterocycles. The van der Waals surface area contributed by atoms with Gasteiger partial charge in [0.1, 0.15) is 13.2 Å². The van der Waals surface area contributed by atoms with Gasteiger partial charge in [0.05, 0.1) is 0 Å². The van der Waals surface area contributed by atoms with Crippen LogP contribution in [0.1, 0.15) is 432 Å². The lowest BCUT2D eigenvalue weighted by molar-refractivity contribution is -0.167. The summed E-state index contributed by atoms with van der Waals surface area (Å²) in [7, 11) is 0. The van der Waals surface area contributed by atoms with Gasteiger partial charge in [0.2, 0.25) is 0 Å². The van der Waals surface area contributed by atoms with E-state index >= 15 is 0 Å². The summed E-state index contributed by atoms with van der Waals surface area (Å²) < 4.78 is 17.0. The second kappa shape index (κ2) is 72.4. The molecule has 0 aliphatic carbocycles. The molecule has 0 N–H and O–H groups in total. The predicted molar refractivity (Wildman–Crippen MR) is 363 cm³/mol. The van der Waals surface area contributed by atoms with Crippen molar-refractivity contribution in [2.24, 2.45) is 0 Å². The van der Waals surface area contributed by atoms with E-state index in [4.69, 9.17) is 14.2 Å². The van der Waals surface area contributed by atoms with Crippen molar-refractivity contribution in [3.63, 3.8) is 0 Å². The number of allylic oxidation sites excluding steroid dienone is 4. The standard InChI is InChI=1S/C77H146O6/c1-4-7-10-13-16-19-22-25-28-31-34-35-36-37-38-39-40-41-42-44-46-49-52-55-58-61-64-67-70-76(79)82-73-74(72-81-75(78)69-66-63-60-57-54-51-48-45-33-30-27-24-21-18-15-12-9-6-3)83-77(80)71-68-65-62-59-56-53-50-47-43-32-29-26-23-20-17-14-11-8-5-2/h17,20,26,29,74H,4-16,18-19,21-25,27-28,30-73H2,1-3H3/b20-17-,29-26-. The van der Waals surface area contributed by atoms with Crippen LogP contribution in [-0.2, 0) is 28.6 Å². The molecule has 0 bridgehead atoms. The van der Waals surface area contributed by atoms with Gasteiger partial charge in [0, 0.05) is 19.3 Å². The van der Waals surface area contributed by atoms with Gasteiger partial charge < -0.3 is 14.2 Å². The summed E-state index contributed by atoms with van der Waals surface area (Å²) in [5.41, 5.74) is 0. The van der Waals surface area contributed by atoms with Crippen LogP contribution < -0.4 is 0 Å². The Bertz CT molecular complexity index is 1340. The van der Waals surface area contributed by atoms with Crippen molar-refractivity contribution in [3.8, 4) is 0 Å². The minimum atomic E-state index is -0.771. The van der Waals surface area contributed by atoms with Crippen molar-refractivity contribution in [1.29, 1.82) is 0 Å². The first kappa shape index (κ1) is 80.9. The number of hydrogen-bond donors (Lipinski definition) is 0. The molecule has 0 radical (unpaired) electrons. The zero-order valence-corrected chi connectivity index (χ0v) is 56.5. The maximum absolute atomic E-state index is 13.0. The van der Waals surface area contributed by atoms with Crippen LogP contribution in [0.5, 0.6) is 0 Å². The van der Waals surface area contributed by atoms with Crippen molar-refractivity contribution in [2.75, 3.05) is 13.2 Å². The van der Waals surface area contributed by atoms with E-state index in [0.29, 0.717) is 19.3 Å². The number of unbranched alkanes of at least 4 members (excludes halogenated alkanes) is 56. The zero-order chi connectivity index (χ0) is 59.9. The van der Waals surface area contributed by atoms with Crippen LogP contribution in [-0.4, -0.2) is 37.2 Å². The summed E-state index contributed by atoms with van der Waals surface area (Å²) in [6, 6.07) is 0. The zero-order valence-electron chi connectivity index (χ0n) is 56.5. The van der Waals surface area contributed by atoms with Crippen LogP contribution in [0.15, 0.2) is 24.3 Å². The lowest BCUT2D eigenvalue weighted by Crippen LogP contribution is -2.30. The van der Waals surface area contributed by atoms with Crippen molar-refractivity contribution < 1.29 is 28.6 Å². The Kier molecular flexibility index (Phi) is 70.5. The fourth-order valence-electron chi connectivity index (χ4n) is 11.8. The van der Waals surface area contributed by atoms with Crippen LogP contribution in [0.4, 0.5) is 0 Å². The fraction of sp³-hybridized carbons (Fsp3) is 0.909. The van der Waals surface area contributed by atoms with E-state index in [2.05, 4.69) is 45.1 Å². The quantitative estimate of drug-likeness (QED) is 0.0261. The van der Waals surface area contributed by atoms with E-state index in [1.54, 1.807) is 0 Å². The lowest BCUT2D eigenvalue weighted by atomic mass is 10.0. The van der Waals surface area contributed by atoms with Crippen LogP contribution in [0.25, 0.3) is 0 Å². The Morgan fingerprint density at radius 1 is 0.241 bits per heavy atom. The maximum atomic E-state index is 13.0. The molecule has 6 nitrogen and oxygen atoms in total. The third-order valence-corrected chi connectivity index (χ3v) is 17.5. The minimum Gasteiger partial charge on any atom is -0.462 e. The molecule has 0 spiro atoms. The van der Waals surface area contributed by atoms with Gasteiger partial charge in [-0.05, 0) is 51.4 Å². The van der Waals surface area contributed by atoms with Gasteiger partial charge >= 0.3 is 17.9 Å². The van der Waals surface area contributed by atoms with Gasteiger partial charge in [0.25, 0.3) is 0 Å². The number of ether oxygens (including phenoxy) is 3. The Labute approximate surface area is 519 Å². The summed E-state index contributed by atoms with van der Waals surface area (Å²) >= 11 is 0. The first-order valence-corrected chi connectivity index (χ1v) is 37.8. The largest absolute Gasteiger partial charge is 0.462 e. The first-order valence-electron chi connectivity index (χ1n) is 37.8. The molecule has 0 fully saturated rings. The van der Waals surface area contributed by atoms with E-state index in [0.717, 1.165) is 64.2 Å². The van der Waals surface area contributed by atoms with Crippen molar-refractivity contribution in [3.05, 3.63) is 24.3 Å². The van der Waals surface area contributed by atoms with E-state index in [1.807, 2.05) is 0 Å². The lowest BCUT2D eigenvalue weighted by Gasteiger charge is -2.18. The Morgan fingerprint density at radius 2 is 0.434 bits per heavy atom. The number of hydrogen-bond acceptors (Lipinski definition) is 6. The summed E-state index contributed by atoms with van der Waals surface area (Å²) in [6.45, 7) is 6.71. The van der Waals surface area contributed by atoms with Crippen LogP contribution in [0, 0.1) is 0 Å². The van der Waals surface area contributed by atoms with Crippen LogP contribution in [0.2, 0.25) is 0 Å². The van der Waals surface area contributed by atoms with Gasteiger partial charge in [0.15, 0.2) is 6.10 Å². The monoisotopic (exact) mass is 1170 g/mol. The molecule has 0 aromatic rings. The van der Waals surface area contributed by atoms with E-state index in [1.165, 1.54) is 327 Å². The molecule has 83 heavy (non-hydrogen) atoms. The van der Waals surface area contributed by atoms with Gasteiger partial charge in [-0.2, -0.15) is 0 Å². The van der Waals surface area contributed by atoms with Gasteiger partial charge in [-0.25, -0.2) is 0 Å². The molecular weight excluding hydrogens is 1020 g/mol. The topological polar surface area (TPSA) is 78.9 Å². The molecule has 6 heteroatoms. The highest BCUT2D eigenvalue weighted by Gasteiger charge is 2.20. The molecule has 0 amide bonds. The van der Waals surface area contributed by atoms with E-state index < -0.39 is 6.10 Å². The maximum Gasteiger partial charge on any atom is 0.306 e. The van der Waals surface area contributed by atoms with Crippen molar-refractivity contribution >= 4 is 17.9 Å². The second-order valence-electron chi connectivity index (χ2n) is 25.9. The molecule has 490 valence electrons. The molecule has 0 aliphatic heterocycles. The summed E-state index contributed by atoms with van der Waals surface area (Å²) in [6.07, 6.45) is 89.4. The molecule has 0 saturated carbocycles. The summed E-state index contributed by atoms with van der Waals surface area (Å²) in [5, 5.41) is 0. The smallest absolute Gasteiger partial charge is 0.306 e. The van der Waals surface area contributed by atoms with Gasteiger partial charge in [-0.15, -0.1) is 0 Å². The van der Waals surface area contributed by atoms with Gasteiger partial charge in [-0.1, -0.05) is 385 Å². The van der Waals surface area contributed by atoms with Crippen molar-refractivity contribution in [2.45, 2.75) is 438 Å². The Morgan fingerprint density at radius 3 is 0.687 bits per heavy atom. The average Bonchev–Trinajstić information content (AvgIpc) is 3.50. The molecule has 0 saturated heterocycles. The third kappa shape index (κ3) is 70.5. The van der Waals surface area contributed by atoms with E-state index in [-0.39, 0.29) is 31.1 Å². The summed E-state index contributed by atoms with van der Waals surface area (Å²) in [5.74, 6) is -0.833. The SMILES string of the molecule is CCCCC/C=C\C/C=C\CCCCCCCCCCCC(=O)OC(COC(=O)CCCCCCCCCCCCCCCCCCCC)COC(=O)CCCCCCCCCCCCCCCCCCCCCCCCCCCCCC. The third-order valence-electron chi connectivity index (χ3n) is 17.5. The molecule has 0 aliphatic rings. The van der Waals surface area contributed by atoms with Crippen LogP contribution in [0.3, 0.4) is 0 Å². The molecule has 0 aromatic heterocycles. The molecule has 1 atom stereocenters. The minimum absolute atomic E-state index is 0.0661. The Balaban J connectivity index is 4.23. The molecule has 0 rings (SSSR count). The fourth-order valence-corrected chi connectivity index (χ4v) is 11.8. The molecule has 0 aromatic carbocycles. The molecule has 1 unspecified atom stereocenters. The van der Waals surface area contributed by atoms with Gasteiger partial charge in [-0.3, -0.25) is 14.4 Å². The molecular formula is C77H146O6. The highest BCUT2D eigenvalue weighted by molar-refractivity contribution is 5.71. The number of carbonyl (C=O) groups is 3. The average molecular weight is 1170 g/mol. The number of carbonyl (C=O) groups excluding carboxylic acids is 3. The summed E-state index contributed by atoms with van der Waals surface area (Å²) in [4.78, 5) is 38.5. The highest BCUT2D eigenvalue weighted by atomic mass is 16.6. The number of esters is 3. The normalized spacial score (nSPS) is 12.1. The highest BCUT2D eigenvalue weighted by Crippen LogP contribution is 2.20. The second-order valence-corrected chi connectivity index (χ2v) is 25.9. The van der Waals surface area contributed by atoms with Crippen molar-refractivity contribution in [1.82, 2.24) is 0 Å². The Hall–Kier alpha value is -2.11. The van der Waals surface area contributed by atoms with E-state index in [9.17, 15) is 14.4 Å². The van der Waals surface area contributed by atoms with Crippen LogP contribution >= 0.6 is 0 Å². The first-order chi connectivity index (χ1) is 41.0. The number of rotatable bonds is 71.